The molecule has 0 aromatic heterocycles. The average Bonchev–Trinajstić information content (AvgIpc) is 2.93. The molecule has 1 fully saturated rings. The molecule has 0 radical (unpaired) electrons. The smallest absolute Gasteiger partial charge is 0.325 e. The lowest BCUT2D eigenvalue weighted by atomic mass is 10.1. The molecule has 1 aromatic carbocycles. The molecule has 32 heavy (non-hydrogen) atoms. The fraction of sp³-hybridized carbons (Fsp3) is 0.545. The third kappa shape index (κ3) is 6.60. The highest BCUT2D eigenvalue weighted by Gasteiger charge is 2.43. The van der Waals surface area contributed by atoms with Crippen LogP contribution in [0.5, 0.6) is 11.5 Å². The van der Waals surface area contributed by atoms with E-state index in [1.165, 1.54) is 13.2 Å². The van der Waals surface area contributed by atoms with Gasteiger partial charge in [-0.25, -0.2) is 4.79 Å². The van der Waals surface area contributed by atoms with Crippen LogP contribution in [0.2, 0.25) is 0 Å². The molecule has 0 atom stereocenters. The number of carbonyl (C=O) groups excluding carboxylic acids is 4. The monoisotopic (exact) mass is 448 g/mol. The van der Waals surface area contributed by atoms with Gasteiger partial charge in [0.25, 0.3) is 11.8 Å². The fourth-order valence-electron chi connectivity index (χ4n) is 3.01. The van der Waals surface area contributed by atoms with Crippen LogP contribution in [-0.2, 0) is 9.59 Å². The van der Waals surface area contributed by atoms with Crippen LogP contribution in [0.4, 0.5) is 4.79 Å². The van der Waals surface area contributed by atoms with Crippen molar-refractivity contribution in [1.82, 2.24) is 21.1 Å². The molecule has 2 rings (SSSR count). The van der Waals surface area contributed by atoms with Crippen molar-refractivity contribution in [2.75, 3.05) is 20.3 Å². The summed E-state index contributed by atoms with van der Waals surface area (Å²) in [6.45, 7) is 8.10. The van der Waals surface area contributed by atoms with Gasteiger partial charge in [0.2, 0.25) is 5.91 Å². The Kier molecular flexibility index (Phi) is 8.45. The molecule has 1 aromatic rings. The maximum Gasteiger partial charge on any atom is 0.325 e. The normalized spacial score (nSPS) is 14.9. The Morgan fingerprint density at radius 2 is 1.88 bits per heavy atom. The first-order chi connectivity index (χ1) is 15.0. The van der Waals surface area contributed by atoms with E-state index in [4.69, 9.17) is 9.47 Å². The lowest BCUT2D eigenvalue weighted by molar-refractivity contribution is -0.130. The van der Waals surface area contributed by atoms with Crippen molar-refractivity contribution in [3.05, 3.63) is 23.8 Å². The molecule has 176 valence electrons. The number of nitrogens with one attached hydrogen (secondary N) is 3. The summed E-state index contributed by atoms with van der Waals surface area (Å²) in [7, 11) is 1.49. The predicted octanol–water partition coefficient (Wildman–Crippen LogP) is 1.99. The van der Waals surface area contributed by atoms with Crippen molar-refractivity contribution in [1.29, 1.82) is 0 Å². The second-order valence-electron chi connectivity index (χ2n) is 8.51. The van der Waals surface area contributed by atoms with Crippen molar-refractivity contribution in [3.8, 4) is 11.5 Å². The van der Waals surface area contributed by atoms with E-state index < -0.39 is 23.4 Å². The van der Waals surface area contributed by atoms with E-state index in [0.29, 0.717) is 29.6 Å². The van der Waals surface area contributed by atoms with Gasteiger partial charge in [-0.3, -0.25) is 30.1 Å². The minimum absolute atomic E-state index is 0.0315. The number of benzene rings is 1. The molecule has 1 aliphatic rings. The van der Waals surface area contributed by atoms with Gasteiger partial charge in [-0.15, -0.1) is 0 Å². The summed E-state index contributed by atoms with van der Waals surface area (Å²) >= 11 is 0. The first-order valence-corrected chi connectivity index (χ1v) is 10.6. The summed E-state index contributed by atoms with van der Waals surface area (Å²) in [5.74, 6) is 0.185. The molecule has 0 aliphatic carbocycles. The number of methoxy groups -OCH3 is 1. The molecule has 1 heterocycles. The second-order valence-corrected chi connectivity index (χ2v) is 8.51. The SMILES string of the molecule is COc1cc(C(=O)NNC(=O)CCCN2C(=O)NC(C)(C)C2=O)ccc1OCCC(C)C. The van der Waals surface area contributed by atoms with E-state index in [9.17, 15) is 19.2 Å². The largest absolute Gasteiger partial charge is 0.493 e. The molecule has 10 nitrogen and oxygen atoms in total. The van der Waals surface area contributed by atoms with Crippen LogP contribution in [-0.4, -0.2) is 54.5 Å². The summed E-state index contributed by atoms with van der Waals surface area (Å²) in [4.78, 5) is 49.4. The summed E-state index contributed by atoms with van der Waals surface area (Å²) in [5.41, 5.74) is 4.02. The maximum atomic E-state index is 12.3. The van der Waals surface area contributed by atoms with E-state index in [2.05, 4.69) is 30.0 Å². The predicted molar refractivity (Wildman–Crippen MR) is 117 cm³/mol. The van der Waals surface area contributed by atoms with E-state index in [0.717, 1.165) is 11.3 Å². The van der Waals surface area contributed by atoms with Gasteiger partial charge in [-0.05, 0) is 50.8 Å². The standard InChI is InChI=1S/C22H32N4O6/c1-14(2)10-12-32-16-9-8-15(13-17(16)31-5)19(28)25-24-18(27)7-6-11-26-20(29)22(3,4)23-21(26)30/h8-9,13-14H,6-7,10-12H2,1-5H3,(H,23,30)(H,24,27)(H,25,28). The molecular weight excluding hydrogens is 416 g/mol. The van der Waals surface area contributed by atoms with Crippen molar-refractivity contribution < 1.29 is 28.7 Å². The van der Waals surface area contributed by atoms with Crippen molar-refractivity contribution in [2.45, 2.75) is 52.5 Å². The van der Waals surface area contributed by atoms with Crippen LogP contribution >= 0.6 is 0 Å². The van der Waals surface area contributed by atoms with Gasteiger partial charge in [0.05, 0.1) is 13.7 Å². The molecule has 1 saturated heterocycles. The van der Waals surface area contributed by atoms with Crippen LogP contribution in [0.1, 0.15) is 57.3 Å². The van der Waals surface area contributed by atoms with Gasteiger partial charge in [0.15, 0.2) is 11.5 Å². The Labute approximate surface area is 188 Å². The topological polar surface area (TPSA) is 126 Å². The van der Waals surface area contributed by atoms with Crippen LogP contribution in [0.25, 0.3) is 0 Å². The third-order valence-electron chi connectivity index (χ3n) is 4.92. The number of hydrazine groups is 1. The summed E-state index contributed by atoms with van der Waals surface area (Å²) in [6.07, 6.45) is 1.20. The molecule has 0 saturated carbocycles. The first kappa shape index (κ1) is 25.0. The highest BCUT2D eigenvalue weighted by Crippen LogP contribution is 2.28. The number of hydrogen-bond acceptors (Lipinski definition) is 6. The molecule has 3 N–H and O–H groups in total. The average molecular weight is 449 g/mol. The van der Waals surface area contributed by atoms with E-state index in [1.807, 2.05) is 0 Å². The number of ether oxygens (including phenoxy) is 2. The first-order valence-electron chi connectivity index (χ1n) is 10.6. The lowest BCUT2D eigenvalue weighted by Crippen LogP contribution is -2.42. The Bertz CT molecular complexity index is 868. The van der Waals surface area contributed by atoms with Gasteiger partial charge in [-0.1, -0.05) is 13.8 Å². The lowest BCUT2D eigenvalue weighted by Gasteiger charge is -2.16. The van der Waals surface area contributed by atoms with Crippen molar-refractivity contribution >= 4 is 23.8 Å². The summed E-state index contributed by atoms with van der Waals surface area (Å²) in [6, 6.07) is 4.29. The number of carbonyl (C=O) groups is 4. The number of hydrogen-bond donors (Lipinski definition) is 3. The van der Waals surface area contributed by atoms with E-state index in [-0.39, 0.29) is 25.3 Å². The zero-order valence-corrected chi connectivity index (χ0v) is 19.2. The second kappa shape index (κ2) is 10.8. The number of rotatable bonds is 10. The number of amides is 5. The molecule has 0 spiro atoms. The van der Waals surface area contributed by atoms with Crippen molar-refractivity contribution in [3.63, 3.8) is 0 Å². The molecule has 5 amide bonds. The minimum atomic E-state index is -0.941. The number of imide groups is 1. The Balaban J connectivity index is 1.79. The molecular formula is C22H32N4O6. The Morgan fingerprint density at radius 1 is 1.16 bits per heavy atom. The quantitative estimate of drug-likeness (QED) is 0.371. The Morgan fingerprint density at radius 3 is 2.47 bits per heavy atom. The highest BCUT2D eigenvalue weighted by molar-refractivity contribution is 6.06. The van der Waals surface area contributed by atoms with Gasteiger partial charge < -0.3 is 14.8 Å². The van der Waals surface area contributed by atoms with Crippen LogP contribution in [0.15, 0.2) is 18.2 Å². The van der Waals surface area contributed by atoms with Gasteiger partial charge in [0.1, 0.15) is 5.54 Å². The van der Waals surface area contributed by atoms with Gasteiger partial charge in [0, 0.05) is 18.5 Å². The van der Waals surface area contributed by atoms with Gasteiger partial charge >= 0.3 is 6.03 Å². The van der Waals surface area contributed by atoms with Gasteiger partial charge in [-0.2, -0.15) is 0 Å². The van der Waals surface area contributed by atoms with E-state index >= 15 is 0 Å². The molecule has 10 heteroatoms. The van der Waals surface area contributed by atoms with Crippen LogP contribution in [0.3, 0.4) is 0 Å². The van der Waals surface area contributed by atoms with Crippen LogP contribution < -0.4 is 25.6 Å². The molecule has 0 bridgehead atoms. The Hall–Kier alpha value is -3.30. The minimum Gasteiger partial charge on any atom is -0.493 e. The maximum absolute atomic E-state index is 12.3. The third-order valence-corrected chi connectivity index (χ3v) is 4.92. The summed E-state index contributed by atoms with van der Waals surface area (Å²) in [5, 5.41) is 2.58. The number of nitrogens with zero attached hydrogens (tertiary/aromatic N) is 1. The zero-order chi connectivity index (χ0) is 23.9. The summed E-state index contributed by atoms with van der Waals surface area (Å²) < 4.78 is 11.0. The molecule has 0 unspecified atom stereocenters. The highest BCUT2D eigenvalue weighted by atomic mass is 16.5. The zero-order valence-electron chi connectivity index (χ0n) is 19.2. The number of urea groups is 1. The van der Waals surface area contributed by atoms with Crippen molar-refractivity contribution in [2.24, 2.45) is 5.92 Å². The fourth-order valence-corrected chi connectivity index (χ4v) is 3.01. The van der Waals surface area contributed by atoms with E-state index in [1.54, 1.807) is 26.0 Å². The van der Waals surface area contributed by atoms with Crippen LogP contribution in [0, 0.1) is 5.92 Å². The molecule has 1 aliphatic heterocycles.